The lowest BCUT2D eigenvalue weighted by Gasteiger charge is -2.26. The zero-order valence-corrected chi connectivity index (χ0v) is 16.1. The summed E-state index contributed by atoms with van der Waals surface area (Å²) in [5.74, 6) is -1.15. The van der Waals surface area contributed by atoms with Crippen molar-refractivity contribution in [2.45, 2.75) is 65.2 Å². The Bertz CT molecular complexity index is 630. The first-order valence-electron chi connectivity index (χ1n) is 8.34. The molecule has 0 unspecified atom stereocenters. The summed E-state index contributed by atoms with van der Waals surface area (Å²) in [7, 11) is 0. The predicted molar refractivity (Wildman–Crippen MR) is 97.5 cm³/mol. The number of amides is 2. The predicted octanol–water partition coefficient (Wildman–Crippen LogP) is 3.05. The van der Waals surface area contributed by atoms with E-state index in [-0.39, 0.29) is 6.42 Å². The topological polar surface area (TPSA) is 93.7 Å². The maximum absolute atomic E-state index is 12.4. The first-order chi connectivity index (χ1) is 11.9. The van der Waals surface area contributed by atoms with Crippen LogP contribution in [0.15, 0.2) is 24.3 Å². The molecule has 0 heterocycles. The van der Waals surface area contributed by atoms with Gasteiger partial charge in [0, 0.05) is 5.69 Å². The maximum Gasteiger partial charge on any atom is 0.408 e. The van der Waals surface area contributed by atoms with E-state index in [1.165, 1.54) is 0 Å². The second kappa shape index (κ2) is 8.69. The SMILES string of the molecule is CC(C)(C)OC(=O)N[C@H](CC(=O)Nc1cc[c]cc1)C(=O)OC(C)(C)C. The Morgan fingerprint density at radius 2 is 1.54 bits per heavy atom. The van der Waals surface area contributed by atoms with E-state index in [0.29, 0.717) is 5.69 Å². The summed E-state index contributed by atoms with van der Waals surface area (Å²) in [6, 6.07) is 8.31. The van der Waals surface area contributed by atoms with E-state index in [4.69, 9.17) is 9.47 Å². The first-order valence-corrected chi connectivity index (χ1v) is 8.34. The average molecular weight is 363 g/mol. The molecule has 1 aromatic rings. The zero-order chi connectivity index (χ0) is 20.0. The molecule has 0 bridgehead atoms. The summed E-state index contributed by atoms with van der Waals surface area (Å²) in [6.45, 7) is 10.2. The van der Waals surface area contributed by atoms with Gasteiger partial charge in [0.05, 0.1) is 6.42 Å². The molecule has 0 saturated heterocycles. The third-order valence-corrected chi connectivity index (χ3v) is 2.77. The fourth-order valence-corrected chi connectivity index (χ4v) is 1.88. The van der Waals surface area contributed by atoms with Crippen LogP contribution in [0, 0.1) is 6.07 Å². The molecule has 26 heavy (non-hydrogen) atoms. The summed E-state index contributed by atoms with van der Waals surface area (Å²) in [5, 5.41) is 5.06. The van der Waals surface area contributed by atoms with Crippen molar-refractivity contribution in [2.75, 3.05) is 5.32 Å². The van der Waals surface area contributed by atoms with Crippen LogP contribution in [0.5, 0.6) is 0 Å². The van der Waals surface area contributed by atoms with Gasteiger partial charge in [-0.25, -0.2) is 9.59 Å². The highest BCUT2D eigenvalue weighted by atomic mass is 16.6. The largest absolute Gasteiger partial charge is 0.458 e. The van der Waals surface area contributed by atoms with Crippen molar-refractivity contribution in [1.29, 1.82) is 0 Å². The van der Waals surface area contributed by atoms with Crippen LogP contribution in [0.3, 0.4) is 0 Å². The van der Waals surface area contributed by atoms with E-state index in [0.717, 1.165) is 0 Å². The van der Waals surface area contributed by atoms with Crippen molar-refractivity contribution in [3.05, 3.63) is 30.3 Å². The van der Waals surface area contributed by atoms with Crippen LogP contribution in [0.2, 0.25) is 0 Å². The number of carbonyl (C=O) groups is 3. The minimum absolute atomic E-state index is 0.285. The van der Waals surface area contributed by atoms with Crippen LogP contribution >= 0.6 is 0 Å². The van der Waals surface area contributed by atoms with Crippen LogP contribution in [0.4, 0.5) is 10.5 Å². The highest BCUT2D eigenvalue weighted by Gasteiger charge is 2.30. The lowest BCUT2D eigenvalue weighted by atomic mass is 10.1. The Kier molecular flexibility index (Phi) is 7.18. The summed E-state index contributed by atoms with van der Waals surface area (Å²) >= 11 is 0. The molecule has 7 heteroatoms. The summed E-state index contributed by atoms with van der Waals surface area (Å²) in [6.07, 6.45) is -1.08. The molecule has 1 radical (unpaired) electrons. The molecule has 7 nitrogen and oxygen atoms in total. The van der Waals surface area contributed by atoms with Gasteiger partial charge in [-0.2, -0.15) is 0 Å². The van der Waals surface area contributed by atoms with Crippen molar-refractivity contribution >= 4 is 23.7 Å². The number of esters is 1. The Morgan fingerprint density at radius 3 is 2.04 bits per heavy atom. The van der Waals surface area contributed by atoms with Crippen LogP contribution in [0.25, 0.3) is 0 Å². The van der Waals surface area contributed by atoms with Gasteiger partial charge in [-0.15, -0.1) is 0 Å². The lowest BCUT2D eigenvalue weighted by molar-refractivity contribution is -0.158. The van der Waals surface area contributed by atoms with Gasteiger partial charge in [0.1, 0.15) is 17.2 Å². The van der Waals surface area contributed by atoms with E-state index < -0.39 is 35.2 Å². The van der Waals surface area contributed by atoms with E-state index in [9.17, 15) is 14.4 Å². The van der Waals surface area contributed by atoms with E-state index in [1.807, 2.05) is 0 Å². The van der Waals surface area contributed by atoms with Crippen LogP contribution in [-0.2, 0) is 19.1 Å². The van der Waals surface area contributed by atoms with Gasteiger partial charge in [-0.3, -0.25) is 4.79 Å². The molecular weight excluding hydrogens is 336 g/mol. The average Bonchev–Trinajstić information content (AvgIpc) is 2.43. The van der Waals surface area contributed by atoms with Gasteiger partial charge in [-0.05, 0) is 59.7 Å². The van der Waals surface area contributed by atoms with Crippen LogP contribution in [0.1, 0.15) is 48.0 Å². The molecule has 0 fully saturated rings. The Morgan fingerprint density at radius 1 is 1.00 bits per heavy atom. The van der Waals surface area contributed by atoms with Crippen molar-refractivity contribution in [2.24, 2.45) is 0 Å². The molecule has 1 rings (SSSR count). The first kappa shape index (κ1) is 21.5. The molecule has 2 N–H and O–H groups in total. The molecule has 0 aliphatic heterocycles. The number of nitrogens with one attached hydrogen (secondary N) is 2. The molecule has 143 valence electrons. The lowest BCUT2D eigenvalue weighted by Crippen LogP contribution is -2.47. The fraction of sp³-hybridized carbons (Fsp3) is 0.526. The molecular formula is C19H27N2O5. The van der Waals surface area contributed by atoms with Gasteiger partial charge in [-0.1, -0.05) is 12.1 Å². The van der Waals surface area contributed by atoms with Gasteiger partial charge >= 0.3 is 12.1 Å². The molecule has 1 atom stereocenters. The number of carbonyl (C=O) groups excluding carboxylic acids is 3. The highest BCUT2D eigenvalue weighted by Crippen LogP contribution is 2.13. The molecule has 0 aromatic heterocycles. The third-order valence-electron chi connectivity index (χ3n) is 2.77. The van der Waals surface area contributed by atoms with Crippen molar-refractivity contribution < 1.29 is 23.9 Å². The number of rotatable bonds is 5. The summed E-state index contributed by atoms with van der Waals surface area (Å²) in [4.78, 5) is 36.6. The zero-order valence-electron chi connectivity index (χ0n) is 16.1. The Hall–Kier alpha value is -2.57. The second-order valence-electron chi connectivity index (χ2n) is 7.77. The number of anilines is 1. The summed E-state index contributed by atoms with van der Waals surface area (Å²) in [5.41, 5.74) is -0.920. The van der Waals surface area contributed by atoms with Gasteiger partial charge in [0.15, 0.2) is 0 Å². The number of hydrogen-bond donors (Lipinski definition) is 2. The minimum atomic E-state index is -1.17. The van der Waals surface area contributed by atoms with Crippen molar-refractivity contribution in [3.63, 3.8) is 0 Å². The van der Waals surface area contributed by atoms with E-state index in [1.54, 1.807) is 65.8 Å². The van der Waals surface area contributed by atoms with E-state index >= 15 is 0 Å². The summed E-state index contributed by atoms with van der Waals surface area (Å²) < 4.78 is 10.4. The maximum atomic E-state index is 12.4. The highest BCUT2D eigenvalue weighted by molar-refractivity contribution is 5.95. The normalized spacial score (nSPS) is 12.7. The second-order valence-corrected chi connectivity index (χ2v) is 7.77. The van der Waals surface area contributed by atoms with Crippen LogP contribution < -0.4 is 10.6 Å². The standard InChI is InChI=1S/C19H27N2O5/c1-18(2,3)25-16(23)14(21-17(24)26-19(4,5)6)12-15(22)20-13-10-8-7-9-11-13/h8-11,14H,12H2,1-6H3,(H,20,22)(H,21,24)/t14-/m1/s1. The van der Waals surface area contributed by atoms with E-state index in [2.05, 4.69) is 16.7 Å². The van der Waals surface area contributed by atoms with Gasteiger partial charge in [0.2, 0.25) is 5.91 Å². The smallest absolute Gasteiger partial charge is 0.408 e. The number of benzene rings is 1. The van der Waals surface area contributed by atoms with Crippen LogP contribution in [-0.4, -0.2) is 35.2 Å². The monoisotopic (exact) mass is 363 g/mol. The molecule has 2 amide bonds. The van der Waals surface area contributed by atoms with Gasteiger partial charge in [0.25, 0.3) is 0 Å². The molecule has 0 spiro atoms. The number of ether oxygens (including phenoxy) is 2. The Balaban J connectivity index is 2.80. The van der Waals surface area contributed by atoms with Crippen molar-refractivity contribution in [3.8, 4) is 0 Å². The molecule has 1 aromatic carbocycles. The number of hydrogen-bond acceptors (Lipinski definition) is 5. The molecule has 0 aliphatic rings. The molecule has 0 aliphatic carbocycles. The minimum Gasteiger partial charge on any atom is -0.458 e. The van der Waals surface area contributed by atoms with Gasteiger partial charge < -0.3 is 20.1 Å². The fourth-order valence-electron chi connectivity index (χ4n) is 1.88. The van der Waals surface area contributed by atoms with Crippen molar-refractivity contribution in [1.82, 2.24) is 5.32 Å². The Labute approximate surface area is 154 Å². The molecule has 0 saturated carbocycles. The third kappa shape index (κ3) is 9.05. The quantitative estimate of drug-likeness (QED) is 0.784. The number of alkyl carbamates (subject to hydrolysis) is 1.